The Balaban J connectivity index is 0.000000194. The third kappa shape index (κ3) is 6.09. The highest BCUT2D eigenvalue weighted by atomic mass is 19.4. The lowest BCUT2D eigenvalue weighted by Crippen LogP contribution is -2.55. The number of benzene rings is 1. The Kier molecular flexibility index (Phi) is 6.64. The first-order chi connectivity index (χ1) is 12.6. The number of rotatable bonds is 3. The van der Waals surface area contributed by atoms with E-state index in [1.165, 1.54) is 24.1 Å². The van der Waals surface area contributed by atoms with Crippen molar-refractivity contribution in [1.82, 2.24) is 15.3 Å². The molecule has 2 heterocycles. The molecular weight excluding hydrogens is 362 g/mol. The van der Waals surface area contributed by atoms with Gasteiger partial charge in [0.2, 0.25) is 5.82 Å². The van der Waals surface area contributed by atoms with Crippen LogP contribution in [0.1, 0.15) is 40.1 Å². The molecule has 1 aliphatic rings. The van der Waals surface area contributed by atoms with Gasteiger partial charge in [-0.2, -0.15) is 13.2 Å². The van der Waals surface area contributed by atoms with E-state index in [1.54, 1.807) is 0 Å². The van der Waals surface area contributed by atoms with Crippen LogP contribution in [0.4, 0.5) is 17.6 Å². The van der Waals surface area contributed by atoms with Crippen LogP contribution in [0.5, 0.6) is 0 Å². The number of nitrogens with one attached hydrogen (secondary N) is 1. The zero-order valence-corrected chi connectivity index (χ0v) is 15.3. The van der Waals surface area contributed by atoms with E-state index in [2.05, 4.69) is 46.5 Å². The summed E-state index contributed by atoms with van der Waals surface area (Å²) in [6.07, 6.45) is -4.46. The second-order valence-corrected chi connectivity index (χ2v) is 6.49. The molecule has 1 aliphatic heterocycles. The minimum absolute atomic E-state index is 0.0442. The molecule has 4 nitrogen and oxygen atoms in total. The van der Waals surface area contributed by atoms with Gasteiger partial charge >= 0.3 is 6.18 Å². The van der Waals surface area contributed by atoms with Crippen molar-refractivity contribution in [3.05, 3.63) is 58.7 Å². The SMILES string of the molecule is CC(=O)c1cc(C)nc(C(F)(F)F)n1.Cc1ccc(CC2NCC2F)cc1. The Morgan fingerprint density at radius 2 is 1.81 bits per heavy atom. The van der Waals surface area contributed by atoms with Gasteiger partial charge in [-0.1, -0.05) is 29.8 Å². The van der Waals surface area contributed by atoms with E-state index >= 15 is 0 Å². The maximum atomic E-state index is 12.9. The van der Waals surface area contributed by atoms with Gasteiger partial charge in [-0.05, 0) is 31.9 Å². The fourth-order valence-electron chi connectivity index (χ4n) is 2.43. The highest BCUT2D eigenvalue weighted by Crippen LogP contribution is 2.26. The van der Waals surface area contributed by atoms with E-state index in [4.69, 9.17) is 0 Å². The largest absolute Gasteiger partial charge is 0.451 e. The maximum Gasteiger partial charge on any atom is 0.451 e. The fraction of sp³-hybridized carbons (Fsp3) is 0.421. The molecular formula is C19H21F4N3O. The van der Waals surface area contributed by atoms with Crippen LogP contribution in [-0.4, -0.2) is 34.5 Å². The Bertz CT molecular complexity index is 791. The number of hydrogen-bond donors (Lipinski definition) is 1. The molecule has 146 valence electrons. The zero-order chi connectivity index (χ0) is 20.2. The van der Waals surface area contributed by atoms with Gasteiger partial charge in [0.25, 0.3) is 0 Å². The van der Waals surface area contributed by atoms with Gasteiger partial charge in [0.1, 0.15) is 11.9 Å². The summed E-state index contributed by atoms with van der Waals surface area (Å²) in [4.78, 5) is 17.1. The second kappa shape index (κ2) is 8.56. The first-order valence-electron chi connectivity index (χ1n) is 8.43. The third-order valence-electron chi connectivity index (χ3n) is 4.06. The quantitative estimate of drug-likeness (QED) is 0.646. The van der Waals surface area contributed by atoms with Crippen molar-refractivity contribution in [2.75, 3.05) is 6.54 Å². The van der Waals surface area contributed by atoms with E-state index < -0.39 is 24.0 Å². The van der Waals surface area contributed by atoms with Crippen LogP contribution in [0.25, 0.3) is 0 Å². The van der Waals surface area contributed by atoms with Gasteiger partial charge in [-0.3, -0.25) is 4.79 Å². The number of halogens is 4. The molecule has 1 fully saturated rings. The summed E-state index contributed by atoms with van der Waals surface area (Å²) in [7, 11) is 0. The third-order valence-corrected chi connectivity index (χ3v) is 4.06. The van der Waals surface area contributed by atoms with Crippen LogP contribution in [-0.2, 0) is 12.6 Å². The molecule has 1 aromatic heterocycles. The topological polar surface area (TPSA) is 54.9 Å². The van der Waals surface area contributed by atoms with Crippen molar-refractivity contribution >= 4 is 5.78 Å². The van der Waals surface area contributed by atoms with Gasteiger partial charge in [0, 0.05) is 25.2 Å². The average molecular weight is 383 g/mol. The first kappa shape index (κ1) is 21.0. The Morgan fingerprint density at radius 3 is 2.26 bits per heavy atom. The first-order valence-corrected chi connectivity index (χ1v) is 8.43. The molecule has 3 rings (SSSR count). The number of carbonyl (C=O) groups excluding carboxylic acids is 1. The Labute approximate surface area is 155 Å². The van der Waals surface area contributed by atoms with Crippen molar-refractivity contribution in [2.24, 2.45) is 0 Å². The molecule has 2 aromatic rings. The average Bonchev–Trinajstić information content (AvgIpc) is 2.59. The van der Waals surface area contributed by atoms with Gasteiger partial charge < -0.3 is 5.32 Å². The molecule has 2 unspecified atom stereocenters. The standard InChI is InChI=1S/C11H14FN.C8H7F3N2O/c1-8-2-4-9(5-3-8)6-11-10(12)7-13-11;1-4-3-6(5(2)14)13-7(12-4)8(9,10)11/h2-5,10-11,13H,6-7H2,1H3;3H,1-2H3. The summed E-state index contributed by atoms with van der Waals surface area (Å²) in [5, 5.41) is 3.08. The van der Waals surface area contributed by atoms with Gasteiger partial charge in [0.15, 0.2) is 5.78 Å². The Hall–Kier alpha value is -2.35. The molecule has 1 N–H and O–H groups in total. The molecule has 0 saturated carbocycles. The molecule has 0 aliphatic carbocycles. The van der Waals surface area contributed by atoms with Gasteiger partial charge in [-0.15, -0.1) is 0 Å². The summed E-state index contributed by atoms with van der Waals surface area (Å²) in [6, 6.07) is 9.55. The number of aryl methyl sites for hydroxylation is 2. The fourth-order valence-corrected chi connectivity index (χ4v) is 2.43. The number of Topliss-reactive ketones (excluding diaryl/α,β-unsaturated/α-hetero) is 1. The smallest absolute Gasteiger partial charge is 0.308 e. The van der Waals surface area contributed by atoms with Crippen molar-refractivity contribution in [2.45, 2.75) is 45.6 Å². The van der Waals surface area contributed by atoms with Crippen LogP contribution in [0, 0.1) is 13.8 Å². The molecule has 8 heteroatoms. The van der Waals surface area contributed by atoms with Crippen molar-refractivity contribution in [3.8, 4) is 0 Å². The maximum absolute atomic E-state index is 12.9. The highest BCUT2D eigenvalue weighted by molar-refractivity contribution is 5.92. The molecule has 1 aromatic carbocycles. The van der Waals surface area contributed by atoms with Gasteiger partial charge in [-0.25, -0.2) is 14.4 Å². The second-order valence-electron chi connectivity index (χ2n) is 6.49. The number of hydrogen-bond acceptors (Lipinski definition) is 4. The van der Waals surface area contributed by atoms with Crippen LogP contribution >= 0.6 is 0 Å². The molecule has 0 radical (unpaired) electrons. The van der Waals surface area contributed by atoms with Crippen LogP contribution in [0.15, 0.2) is 30.3 Å². The number of alkyl halides is 4. The van der Waals surface area contributed by atoms with Crippen molar-refractivity contribution < 1.29 is 22.4 Å². The summed E-state index contributed by atoms with van der Waals surface area (Å²) < 4.78 is 49.4. The molecule has 0 amide bonds. The van der Waals surface area contributed by atoms with E-state index in [1.807, 2.05) is 0 Å². The number of carbonyl (C=O) groups is 1. The van der Waals surface area contributed by atoms with E-state index in [0.717, 1.165) is 13.3 Å². The number of nitrogens with zero attached hydrogens (tertiary/aromatic N) is 2. The lowest BCUT2D eigenvalue weighted by atomic mass is 9.96. The van der Waals surface area contributed by atoms with Crippen LogP contribution < -0.4 is 5.32 Å². The summed E-state index contributed by atoms with van der Waals surface area (Å²) in [5.41, 5.74) is 2.37. The van der Waals surface area contributed by atoms with Gasteiger partial charge in [0.05, 0.1) is 0 Å². The number of ketones is 1. The summed E-state index contributed by atoms with van der Waals surface area (Å²) in [6.45, 7) is 5.12. The zero-order valence-electron chi connectivity index (χ0n) is 15.3. The summed E-state index contributed by atoms with van der Waals surface area (Å²) >= 11 is 0. The molecule has 1 saturated heterocycles. The van der Waals surface area contributed by atoms with Crippen molar-refractivity contribution in [3.63, 3.8) is 0 Å². The van der Waals surface area contributed by atoms with E-state index in [9.17, 15) is 22.4 Å². The lowest BCUT2D eigenvalue weighted by Gasteiger charge is -2.32. The minimum Gasteiger partial charge on any atom is -0.308 e. The number of aromatic nitrogens is 2. The monoisotopic (exact) mass is 383 g/mol. The predicted molar refractivity (Wildman–Crippen MR) is 93.3 cm³/mol. The Morgan fingerprint density at radius 1 is 1.19 bits per heavy atom. The highest BCUT2D eigenvalue weighted by Gasteiger charge is 2.35. The van der Waals surface area contributed by atoms with Crippen LogP contribution in [0.2, 0.25) is 0 Å². The summed E-state index contributed by atoms with van der Waals surface area (Å²) in [5.74, 6) is -1.79. The van der Waals surface area contributed by atoms with Crippen molar-refractivity contribution in [1.29, 1.82) is 0 Å². The normalized spacial score (nSPS) is 18.9. The molecule has 2 atom stereocenters. The van der Waals surface area contributed by atoms with Crippen LogP contribution in [0.3, 0.4) is 0 Å². The predicted octanol–water partition coefficient (Wildman–Crippen LogP) is 3.85. The minimum atomic E-state index is -4.61. The molecule has 0 spiro atoms. The lowest BCUT2D eigenvalue weighted by molar-refractivity contribution is -0.145. The van der Waals surface area contributed by atoms with E-state index in [0.29, 0.717) is 6.54 Å². The molecule has 27 heavy (non-hydrogen) atoms. The van der Waals surface area contributed by atoms with E-state index in [-0.39, 0.29) is 17.4 Å². The molecule has 0 bridgehead atoms.